The second-order valence-electron chi connectivity index (χ2n) is 5.29. The Morgan fingerprint density at radius 2 is 1.79 bits per heavy atom. The van der Waals surface area contributed by atoms with Gasteiger partial charge in [0.15, 0.2) is 5.11 Å². The number of nitro groups is 1. The van der Waals surface area contributed by atoms with Crippen LogP contribution in [0.25, 0.3) is 6.08 Å². The maximum Gasteiger partial charge on any atom is 2.00 e. The summed E-state index contributed by atoms with van der Waals surface area (Å²) in [5, 5.41) is 14.8. The monoisotopic (exact) mass is 434 g/mol. The molecule has 0 bridgehead atoms. The van der Waals surface area contributed by atoms with Crippen LogP contribution in [0.15, 0.2) is 90.0 Å². The summed E-state index contributed by atoms with van der Waals surface area (Å²) in [6, 6.07) is 23.8. The van der Waals surface area contributed by atoms with Crippen LogP contribution in [-0.2, 0) is 17.1 Å². The van der Waals surface area contributed by atoms with Crippen LogP contribution in [0.2, 0.25) is 0 Å². The number of hydrogen-bond acceptors (Lipinski definition) is 4. The van der Waals surface area contributed by atoms with E-state index in [4.69, 9.17) is 18.0 Å². The van der Waals surface area contributed by atoms with E-state index in [2.05, 4.69) is 10.5 Å². The maximum absolute atomic E-state index is 10.6. The number of non-ortho nitro benzene ring substituents is 1. The zero-order valence-electron chi connectivity index (χ0n) is 14.7. The molecule has 0 fully saturated rings. The van der Waals surface area contributed by atoms with Gasteiger partial charge in [-0.1, -0.05) is 11.6 Å². The van der Waals surface area contributed by atoms with Gasteiger partial charge in [-0.05, 0) is 29.9 Å². The average molecular weight is 434 g/mol. The minimum Gasteiger partial charge on any atom is -0.375 e. The Balaban J connectivity index is 0.000000567. The van der Waals surface area contributed by atoms with E-state index >= 15 is 0 Å². The third kappa shape index (κ3) is 8.09. The number of allylic oxidation sites excluding steroid dienone is 1. The molecule has 3 N–H and O–H groups in total. The Kier molecular flexibility index (Phi) is 10.1. The smallest absolute Gasteiger partial charge is 0.375 e. The van der Waals surface area contributed by atoms with Crippen molar-refractivity contribution >= 4 is 34.8 Å². The Morgan fingerprint density at radius 1 is 1.18 bits per heavy atom. The predicted molar refractivity (Wildman–Crippen MR) is 113 cm³/mol. The van der Waals surface area contributed by atoms with Crippen LogP contribution in [0.4, 0.5) is 5.69 Å². The van der Waals surface area contributed by atoms with Crippen LogP contribution in [-0.4, -0.2) is 15.7 Å². The first-order chi connectivity index (χ1) is 13.1. The van der Waals surface area contributed by atoms with Gasteiger partial charge in [-0.25, -0.2) is 12.1 Å². The zero-order chi connectivity index (χ0) is 19.5. The van der Waals surface area contributed by atoms with Crippen molar-refractivity contribution in [1.29, 1.82) is 0 Å². The number of hydrogen-bond donors (Lipinski definition) is 2. The van der Waals surface area contributed by atoms with E-state index in [-0.39, 0.29) is 27.9 Å². The normalized spacial score (nSPS) is 10.5. The summed E-state index contributed by atoms with van der Waals surface area (Å²) in [6.07, 6.45) is 3.58. The second kappa shape index (κ2) is 12.3. The standard InChI is InChI=1S/C15H13N4O2S.C5H5.Fe/c16-15(22)18-17-14(12-3-1-2-4-12)10-7-11-5-8-13(9-6-11)19(20)21;1-2-4-5-3-1;/h1-10H,(H3,16,18,22);1-5H;/q2*-1;+2/b10-7+,17-14+;;. The summed E-state index contributed by atoms with van der Waals surface area (Å²) in [4.78, 5) is 10.2. The minimum atomic E-state index is -0.434. The topological polar surface area (TPSA) is 93.5 Å². The van der Waals surface area contributed by atoms with Crippen LogP contribution in [0, 0.1) is 10.1 Å². The molecule has 0 spiro atoms. The van der Waals surface area contributed by atoms with Crippen LogP contribution in [0.5, 0.6) is 0 Å². The molecule has 3 aromatic carbocycles. The van der Waals surface area contributed by atoms with Crippen molar-refractivity contribution in [3.8, 4) is 0 Å². The minimum absolute atomic E-state index is 0. The third-order valence-corrected chi connectivity index (χ3v) is 3.43. The molecule has 0 saturated carbocycles. The van der Waals surface area contributed by atoms with E-state index in [0.29, 0.717) is 5.71 Å². The molecule has 144 valence electrons. The van der Waals surface area contributed by atoms with E-state index in [9.17, 15) is 10.1 Å². The van der Waals surface area contributed by atoms with Crippen molar-refractivity contribution in [3.05, 3.63) is 106 Å². The van der Waals surface area contributed by atoms with Gasteiger partial charge >= 0.3 is 17.1 Å². The fourth-order valence-electron chi connectivity index (χ4n) is 2.06. The predicted octanol–water partition coefficient (Wildman–Crippen LogP) is 3.97. The SMILES string of the molecule is NC(=S)N/N=C(\C=C\c1ccc([N+](=O)[O-])cc1)[c-]1cccc1.[Fe+2].c1cc[cH-]c1. The summed E-state index contributed by atoms with van der Waals surface area (Å²) in [5.41, 5.74) is 10.3. The van der Waals surface area contributed by atoms with Crippen molar-refractivity contribution in [1.82, 2.24) is 5.43 Å². The number of hydrazone groups is 1. The van der Waals surface area contributed by atoms with E-state index in [1.165, 1.54) is 12.1 Å². The second-order valence-corrected chi connectivity index (χ2v) is 5.73. The molecule has 0 amide bonds. The number of benzene rings is 1. The Labute approximate surface area is 179 Å². The summed E-state index contributed by atoms with van der Waals surface area (Å²) in [6.45, 7) is 0. The first kappa shape index (κ1) is 23.0. The molecule has 3 aromatic rings. The molecule has 0 aliphatic heterocycles. The number of thiocarbonyl (C=S) groups is 1. The first-order valence-electron chi connectivity index (χ1n) is 8.00. The largest absolute Gasteiger partial charge is 2.00 e. The van der Waals surface area contributed by atoms with E-state index < -0.39 is 4.92 Å². The van der Waals surface area contributed by atoms with Gasteiger partial charge in [0.2, 0.25) is 0 Å². The summed E-state index contributed by atoms with van der Waals surface area (Å²) in [7, 11) is 0. The molecular formula is C20H18FeN4O2S. The van der Waals surface area contributed by atoms with Crippen molar-refractivity contribution in [3.63, 3.8) is 0 Å². The van der Waals surface area contributed by atoms with Crippen molar-refractivity contribution < 1.29 is 22.0 Å². The Bertz CT molecular complexity index is 885. The molecular weight excluding hydrogens is 416 g/mol. The first-order valence-corrected chi connectivity index (χ1v) is 8.41. The number of rotatable bonds is 5. The molecule has 0 atom stereocenters. The van der Waals surface area contributed by atoms with Gasteiger partial charge in [0, 0.05) is 17.8 Å². The molecule has 0 saturated heterocycles. The number of nitrogens with zero attached hydrogens (tertiary/aromatic N) is 2. The van der Waals surface area contributed by atoms with Gasteiger partial charge in [0.25, 0.3) is 5.69 Å². The molecule has 8 heteroatoms. The quantitative estimate of drug-likeness (QED) is 0.158. The average Bonchev–Trinajstić information content (AvgIpc) is 3.38. The van der Waals surface area contributed by atoms with Gasteiger partial charge in [-0.2, -0.15) is 35.4 Å². The van der Waals surface area contributed by atoms with Crippen LogP contribution in [0.3, 0.4) is 0 Å². The van der Waals surface area contributed by atoms with Gasteiger partial charge in [0.1, 0.15) is 0 Å². The summed E-state index contributed by atoms with van der Waals surface area (Å²) >= 11 is 4.73. The number of nitrogens with one attached hydrogen (secondary N) is 1. The van der Waals surface area contributed by atoms with Gasteiger partial charge in [-0.15, -0.1) is 18.2 Å². The van der Waals surface area contributed by atoms with Crippen LogP contribution >= 0.6 is 12.2 Å². The van der Waals surface area contributed by atoms with Crippen molar-refractivity contribution in [2.75, 3.05) is 0 Å². The van der Waals surface area contributed by atoms with Gasteiger partial charge in [0.05, 0.1) is 4.92 Å². The number of nitrogens with two attached hydrogens (primary N) is 1. The number of nitro benzene ring substituents is 1. The van der Waals surface area contributed by atoms with Crippen LogP contribution < -0.4 is 11.2 Å². The zero-order valence-corrected chi connectivity index (χ0v) is 16.6. The maximum atomic E-state index is 10.6. The fraction of sp³-hybridized carbons (Fsp3) is 0. The molecule has 0 radical (unpaired) electrons. The molecule has 0 aromatic heterocycles. The summed E-state index contributed by atoms with van der Waals surface area (Å²) in [5.74, 6) is 0. The Morgan fingerprint density at radius 3 is 2.25 bits per heavy atom. The fourth-order valence-corrected chi connectivity index (χ4v) is 2.11. The van der Waals surface area contributed by atoms with Gasteiger partial charge < -0.3 is 5.73 Å². The summed E-state index contributed by atoms with van der Waals surface area (Å²) < 4.78 is 0. The molecule has 3 rings (SSSR count). The van der Waals surface area contributed by atoms with Crippen molar-refractivity contribution in [2.45, 2.75) is 0 Å². The van der Waals surface area contributed by atoms with Crippen molar-refractivity contribution in [2.24, 2.45) is 10.8 Å². The van der Waals surface area contributed by atoms with Gasteiger partial charge in [-0.3, -0.25) is 15.5 Å². The van der Waals surface area contributed by atoms with E-state index in [0.717, 1.165) is 11.1 Å². The molecule has 0 aliphatic carbocycles. The molecule has 28 heavy (non-hydrogen) atoms. The molecule has 6 nitrogen and oxygen atoms in total. The van der Waals surface area contributed by atoms with Crippen LogP contribution in [0.1, 0.15) is 11.1 Å². The molecule has 0 heterocycles. The van der Waals surface area contributed by atoms with E-state index in [1.807, 2.05) is 54.6 Å². The molecule has 0 aliphatic rings. The van der Waals surface area contributed by atoms with E-state index in [1.54, 1.807) is 24.3 Å². The third-order valence-electron chi connectivity index (χ3n) is 3.34. The Hall–Kier alpha value is -3.06. The molecule has 0 unspecified atom stereocenters.